The molecule has 4 rings (SSSR count). The first-order valence-electron chi connectivity index (χ1n) is 10.4. The summed E-state index contributed by atoms with van der Waals surface area (Å²) in [7, 11) is 1.66. The minimum Gasteiger partial charge on any atom is -0.464 e. The summed E-state index contributed by atoms with van der Waals surface area (Å²) >= 11 is 6.06. The van der Waals surface area contributed by atoms with Crippen molar-refractivity contribution in [2.45, 2.75) is 25.8 Å². The van der Waals surface area contributed by atoms with Gasteiger partial charge in [-0.3, -0.25) is 19.7 Å². The second kappa shape index (κ2) is 9.07. The highest BCUT2D eigenvalue weighted by molar-refractivity contribution is 6.34. The van der Waals surface area contributed by atoms with Crippen LogP contribution in [0.5, 0.6) is 0 Å². The molecular formula is C24H22ClN3O5. The summed E-state index contributed by atoms with van der Waals surface area (Å²) in [5.41, 5.74) is 0.455. The highest BCUT2D eigenvalue weighted by Crippen LogP contribution is 2.47. The predicted molar refractivity (Wildman–Crippen MR) is 124 cm³/mol. The van der Waals surface area contributed by atoms with Crippen molar-refractivity contribution in [2.24, 2.45) is 5.92 Å². The molecule has 0 saturated heterocycles. The minimum atomic E-state index is -0.593. The van der Waals surface area contributed by atoms with Crippen LogP contribution in [0.4, 0.5) is 11.4 Å². The Balaban J connectivity index is 1.48. The SMILES string of the molecule is C[C@@H]1C[C@@H]1c1ccc(CN(C)C(=O)c2ccccc2NC(=O)c2ccc([N+](=O)[O-])cc2Cl)o1. The number of nitrogens with one attached hydrogen (secondary N) is 1. The second-order valence-electron chi connectivity index (χ2n) is 8.21. The molecule has 0 unspecified atom stereocenters. The van der Waals surface area contributed by atoms with Gasteiger partial charge in [0.25, 0.3) is 17.5 Å². The van der Waals surface area contributed by atoms with Gasteiger partial charge in [-0.2, -0.15) is 0 Å². The van der Waals surface area contributed by atoms with Gasteiger partial charge in [0, 0.05) is 25.1 Å². The molecule has 1 aliphatic carbocycles. The average molecular weight is 468 g/mol. The summed E-state index contributed by atoms with van der Waals surface area (Å²) < 4.78 is 5.90. The number of nitro groups is 1. The minimum absolute atomic E-state index is 0.0544. The van der Waals surface area contributed by atoms with Gasteiger partial charge in [-0.15, -0.1) is 0 Å². The van der Waals surface area contributed by atoms with Crippen LogP contribution in [0.2, 0.25) is 5.02 Å². The van der Waals surface area contributed by atoms with Crippen LogP contribution in [0.25, 0.3) is 0 Å². The fourth-order valence-corrected chi connectivity index (χ4v) is 3.94. The predicted octanol–water partition coefficient (Wildman–Crippen LogP) is 5.49. The molecule has 3 aromatic rings. The van der Waals surface area contributed by atoms with Crippen LogP contribution >= 0.6 is 11.6 Å². The van der Waals surface area contributed by atoms with Crippen LogP contribution in [0, 0.1) is 16.0 Å². The highest BCUT2D eigenvalue weighted by Gasteiger charge is 2.36. The van der Waals surface area contributed by atoms with E-state index in [1.165, 1.54) is 17.0 Å². The number of benzene rings is 2. The van der Waals surface area contributed by atoms with Gasteiger partial charge in [0.05, 0.1) is 33.3 Å². The molecule has 1 N–H and O–H groups in total. The molecule has 1 aromatic heterocycles. The molecule has 0 spiro atoms. The van der Waals surface area contributed by atoms with Crippen LogP contribution in [-0.4, -0.2) is 28.7 Å². The Morgan fingerprint density at radius 3 is 2.58 bits per heavy atom. The number of amides is 2. The smallest absolute Gasteiger partial charge is 0.270 e. The molecule has 2 atom stereocenters. The van der Waals surface area contributed by atoms with E-state index in [4.69, 9.17) is 16.0 Å². The van der Waals surface area contributed by atoms with Gasteiger partial charge in [0.15, 0.2) is 0 Å². The summed E-state index contributed by atoms with van der Waals surface area (Å²) in [5, 5.41) is 13.5. The lowest BCUT2D eigenvalue weighted by molar-refractivity contribution is -0.384. The third-order valence-electron chi connectivity index (χ3n) is 5.71. The van der Waals surface area contributed by atoms with Crippen molar-refractivity contribution in [3.63, 3.8) is 0 Å². The topological polar surface area (TPSA) is 106 Å². The zero-order valence-corrected chi connectivity index (χ0v) is 18.8. The number of anilines is 1. The van der Waals surface area contributed by atoms with Crippen LogP contribution in [0.3, 0.4) is 0 Å². The largest absolute Gasteiger partial charge is 0.464 e. The molecule has 1 fully saturated rings. The summed E-state index contributed by atoms with van der Waals surface area (Å²) in [6.07, 6.45) is 1.12. The number of hydrogen-bond acceptors (Lipinski definition) is 5. The summed E-state index contributed by atoms with van der Waals surface area (Å²) in [6, 6.07) is 14.1. The number of rotatable bonds is 7. The van der Waals surface area contributed by atoms with Gasteiger partial charge < -0.3 is 14.6 Å². The van der Waals surface area contributed by atoms with Gasteiger partial charge in [0.1, 0.15) is 11.5 Å². The summed E-state index contributed by atoms with van der Waals surface area (Å²) in [4.78, 5) is 37.7. The first kappa shape index (κ1) is 22.5. The number of para-hydroxylation sites is 1. The molecular weight excluding hydrogens is 446 g/mol. The van der Waals surface area contributed by atoms with Gasteiger partial charge in [-0.25, -0.2) is 0 Å². The molecule has 1 heterocycles. The summed E-state index contributed by atoms with van der Waals surface area (Å²) in [5.74, 6) is 1.86. The second-order valence-corrected chi connectivity index (χ2v) is 8.61. The van der Waals surface area contributed by atoms with Crippen molar-refractivity contribution >= 4 is 34.8 Å². The Kier molecular flexibility index (Phi) is 6.20. The normalized spacial score (nSPS) is 16.8. The van der Waals surface area contributed by atoms with Gasteiger partial charge in [-0.1, -0.05) is 30.7 Å². The zero-order valence-electron chi connectivity index (χ0n) is 18.1. The van der Waals surface area contributed by atoms with Crippen molar-refractivity contribution in [3.05, 3.63) is 92.4 Å². The fourth-order valence-electron chi connectivity index (χ4n) is 3.68. The molecule has 0 aliphatic heterocycles. The highest BCUT2D eigenvalue weighted by atomic mass is 35.5. The van der Waals surface area contributed by atoms with E-state index in [0.29, 0.717) is 28.8 Å². The zero-order chi connectivity index (χ0) is 23.7. The molecule has 1 aliphatic rings. The van der Waals surface area contributed by atoms with Crippen LogP contribution in [0.15, 0.2) is 59.0 Å². The number of carbonyl (C=O) groups excluding carboxylic acids is 2. The van der Waals surface area contributed by atoms with Crippen LogP contribution in [-0.2, 0) is 6.54 Å². The van der Waals surface area contributed by atoms with E-state index in [1.54, 1.807) is 31.3 Å². The maximum atomic E-state index is 13.1. The number of carbonyl (C=O) groups is 2. The van der Waals surface area contributed by atoms with E-state index in [-0.39, 0.29) is 28.7 Å². The lowest BCUT2D eigenvalue weighted by Crippen LogP contribution is -2.27. The van der Waals surface area contributed by atoms with E-state index in [9.17, 15) is 19.7 Å². The number of nitro benzene ring substituents is 1. The molecule has 2 amide bonds. The van der Waals surface area contributed by atoms with Crippen molar-refractivity contribution in [3.8, 4) is 0 Å². The van der Waals surface area contributed by atoms with Crippen LogP contribution < -0.4 is 5.32 Å². The number of furan rings is 1. The molecule has 0 radical (unpaired) electrons. The number of halogens is 1. The maximum Gasteiger partial charge on any atom is 0.270 e. The Labute approximate surface area is 195 Å². The van der Waals surface area contributed by atoms with E-state index >= 15 is 0 Å². The van der Waals surface area contributed by atoms with Crippen molar-refractivity contribution in [1.82, 2.24) is 4.90 Å². The fraction of sp³-hybridized carbons (Fsp3) is 0.250. The van der Waals surface area contributed by atoms with E-state index in [0.717, 1.165) is 18.2 Å². The van der Waals surface area contributed by atoms with Crippen LogP contribution in [0.1, 0.15) is 51.5 Å². The Hall–Kier alpha value is -3.65. The Morgan fingerprint density at radius 1 is 1.18 bits per heavy atom. The third-order valence-corrected chi connectivity index (χ3v) is 6.02. The average Bonchev–Trinajstić information content (AvgIpc) is 3.33. The quantitative estimate of drug-likeness (QED) is 0.365. The van der Waals surface area contributed by atoms with E-state index in [2.05, 4.69) is 12.2 Å². The monoisotopic (exact) mass is 467 g/mol. The first-order valence-corrected chi connectivity index (χ1v) is 10.8. The Bertz CT molecular complexity index is 1240. The molecule has 170 valence electrons. The molecule has 1 saturated carbocycles. The molecule has 2 aromatic carbocycles. The number of non-ortho nitro benzene ring substituents is 1. The van der Waals surface area contributed by atoms with Gasteiger partial charge >= 0.3 is 0 Å². The summed E-state index contributed by atoms with van der Waals surface area (Å²) in [6.45, 7) is 2.47. The lowest BCUT2D eigenvalue weighted by Gasteiger charge is -2.18. The van der Waals surface area contributed by atoms with Gasteiger partial charge in [-0.05, 0) is 42.7 Å². The standard InChI is InChI=1S/C24H22ClN3O5/c1-14-11-19(14)22-10-8-16(33-22)13-27(2)24(30)18-5-3-4-6-21(18)26-23(29)17-9-7-15(28(31)32)12-20(17)25/h3-10,12,14,19H,11,13H2,1-2H3,(H,26,29)/t14-,19+/m1/s1. The third kappa shape index (κ3) is 4.90. The van der Waals surface area contributed by atoms with Crippen molar-refractivity contribution < 1.29 is 18.9 Å². The number of nitrogens with zero attached hydrogens (tertiary/aromatic N) is 2. The molecule has 9 heteroatoms. The van der Waals surface area contributed by atoms with Gasteiger partial charge in [0.2, 0.25) is 0 Å². The van der Waals surface area contributed by atoms with Crippen molar-refractivity contribution in [1.29, 1.82) is 0 Å². The first-order chi connectivity index (χ1) is 15.7. The number of hydrogen-bond donors (Lipinski definition) is 1. The van der Waals surface area contributed by atoms with E-state index in [1.807, 2.05) is 12.1 Å². The lowest BCUT2D eigenvalue weighted by atomic mass is 10.1. The van der Waals surface area contributed by atoms with Crippen molar-refractivity contribution in [2.75, 3.05) is 12.4 Å². The molecule has 8 nitrogen and oxygen atoms in total. The maximum absolute atomic E-state index is 13.1. The Morgan fingerprint density at radius 2 is 1.91 bits per heavy atom. The van der Waals surface area contributed by atoms with E-state index < -0.39 is 10.8 Å². The molecule has 0 bridgehead atoms. The molecule has 33 heavy (non-hydrogen) atoms.